The van der Waals surface area contributed by atoms with Crippen LogP contribution in [0.3, 0.4) is 0 Å². The summed E-state index contributed by atoms with van der Waals surface area (Å²) in [5, 5.41) is 0.957. The second kappa shape index (κ2) is 6.13. The number of hydrogen-bond donors (Lipinski definition) is 2. The van der Waals surface area contributed by atoms with Crippen LogP contribution in [0.5, 0.6) is 5.75 Å². The lowest BCUT2D eigenvalue weighted by atomic mass is 10.1. The quantitative estimate of drug-likeness (QED) is 0.634. The first kappa shape index (κ1) is 14.0. The van der Waals surface area contributed by atoms with Crippen molar-refractivity contribution >= 4 is 16.9 Å². The van der Waals surface area contributed by atoms with Gasteiger partial charge in [-0.3, -0.25) is 4.79 Å². The molecule has 0 amide bonds. The third kappa shape index (κ3) is 2.92. The molecule has 5 nitrogen and oxygen atoms in total. The molecule has 0 aliphatic rings. The Balaban J connectivity index is 2.25. The van der Waals surface area contributed by atoms with Crippen LogP contribution in [0.25, 0.3) is 10.9 Å². The number of ether oxygens (including phenoxy) is 2. The molecule has 2 rings (SSSR count). The van der Waals surface area contributed by atoms with E-state index in [0.717, 1.165) is 16.5 Å². The smallest absolute Gasteiger partial charge is 0.322 e. The van der Waals surface area contributed by atoms with Gasteiger partial charge < -0.3 is 20.2 Å². The highest BCUT2D eigenvalue weighted by molar-refractivity contribution is 5.85. The Labute approximate surface area is 117 Å². The van der Waals surface area contributed by atoms with Gasteiger partial charge in [0.05, 0.1) is 7.11 Å². The van der Waals surface area contributed by atoms with Crippen LogP contribution in [0.4, 0.5) is 0 Å². The molecular weight excluding hydrogens is 256 g/mol. The zero-order valence-corrected chi connectivity index (χ0v) is 11.2. The summed E-state index contributed by atoms with van der Waals surface area (Å²) in [6.45, 7) is 0.215. The fourth-order valence-electron chi connectivity index (χ4n) is 2.01. The fraction of sp³-hybridized carbons (Fsp3) is 0.267. The van der Waals surface area contributed by atoms with E-state index in [1.807, 2.05) is 24.4 Å². The molecule has 0 aliphatic carbocycles. The van der Waals surface area contributed by atoms with E-state index < -0.39 is 12.0 Å². The predicted molar refractivity (Wildman–Crippen MR) is 76.3 cm³/mol. The number of terminal acetylenes is 1. The van der Waals surface area contributed by atoms with Crippen LogP contribution in [0.15, 0.2) is 24.4 Å². The van der Waals surface area contributed by atoms with Gasteiger partial charge in [-0.25, -0.2) is 0 Å². The van der Waals surface area contributed by atoms with Crippen molar-refractivity contribution in [3.63, 3.8) is 0 Å². The van der Waals surface area contributed by atoms with Crippen LogP contribution >= 0.6 is 0 Å². The lowest BCUT2D eigenvalue weighted by molar-refractivity contribution is -0.142. The summed E-state index contributed by atoms with van der Waals surface area (Å²) >= 11 is 0. The topological polar surface area (TPSA) is 77.3 Å². The van der Waals surface area contributed by atoms with Gasteiger partial charge in [0.1, 0.15) is 18.4 Å². The van der Waals surface area contributed by atoms with Crippen LogP contribution < -0.4 is 10.5 Å². The average Bonchev–Trinajstić information content (AvgIpc) is 2.86. The summed E-state index contributed by atoms with van der Waals surface area (Å²) in [6, 6.07) is 4.92. The first-order valence-electron chi connectivity index (χ1n) is 6.15. The maximum absolute atomic E-state index is 11.4. The van der Waals surface area contributed by atoms with Crippen molar-refractivity contribution in [2.75, 3.05) is 13.7 Å². The molecule has 20 heavy (non-hydrogen) atoms. The number of rotatable bonds is 5. The molecular formula is C15H16N2O3. The molecule has 1 heterocycles. The number of methoxy groups -OCH3 is 1. The summed E-state index contributed by atoms with van der Waals surface area (Å²) in [4.78, 5) is 14.5. The van der Waals surface area contributed by atoms with Gasteiger partial charge >= 0.3 is 5.97 Å². The molecule has 2 aromatic rings. The van der Waals surface area contributed by atoms with Crippen molar-refractivity contribution in [3.8, 4) is 18.1 Å². The standard InChI is InChI=1S/C15H16N2O3/c1-3-6-20-11-4-5-14-12(8-11)10(9-17-14)7-13(16)15(18)19-2/h1,4-5,8-9,13,17H,6-7,16H2,2H3/t13-/m0/s1. The first-order valence-corrected chi connectivity index (χ1v) is 6.15. The molecule has 0 unspecified atom stereocenters. The molecule has 1 atom stereocenters. The number of aromatic nitrogens is 1. The summed E-state index contributed by atoms with van der Waals surface area (Å²) < 4.78 is 10.0. The number of aromatic amines is 1. The summed E-state index contributed by atoms with van der Waals surface area (Å²) in [5.74, 6) is 2.67. The first-order chi connectivity index (χ1) is 9.65. The van der Waals surface area contributed by atoms with E-state index in [1.54, 1.807) is 0 Å². The second-order valence-electron chi connectivity index (χ2n) is 4.35. The molecule has 1 aromatic carbocycles. The lowest BCUT2D eigenvalue weighted by Gasteiger charge is -2.08. The molecule has 3 N–H and O–H groups in total. The number of carbonyl (C=O) groups excluding carboxylic acids is 1. The Morgan fingerprint density at radius 1 is 1.55 bits per heavy atom. The molecule has 0 saturated carbocycles. The van der Waals surface area contributed by atoms with Crippen molar-refractivity contribution in [2.45, 2.75) is 12.5 Å². The monoisotopic (exact) mass is 272 g/mol. The number of fused-ring (bicyclic) bond motifs is 1. The molecule has 0 fully saturated rings. The Morgan fingerprint density at radius 2 is 2.35 bits per heavy atom. The van der Waals surface area contributed by atoms with Gasteiger partial charge in [-0.1, -0.05) is 5.92 Å². The Morgan fingerprint density at radius 3 is 3.05 bits per heavy atom. The number of carbonyl (C=O) groups is 1. The van der Waals surface area contributed by atoms with Crippen molar-refractivity contribution in [1.82, 2.24) is 4.98 Å². The van der Waals surface area contributed by atoms with Gasteiger partial charge in [-0.15, -0.1) is 6.42 Å². The molecule has 0 radical (unpaired) electrons. The number of H-pyrrole nitrogens is 1. The summed E-state index contributed by atoms with van der Waals surface area (Å²) in [7, 11) is 1.32. The van der Waals surface area contributed by atoms with E-state index in [2.05, 4.69) is 15.6 Å². The Bertz CT molecular complexity index is 655. The Kier molecular flexibility index (Phi) is 4.28. The average molecular weight is 272 g/mol. The van der Waals surface area contributed by atoms with Crippen LogP contribution in [0.2, 0.25) is 0 Å². The molecule has 104 valence electrons. The zero-order chi connectivity index (χ0) is 14.5. The van der Waals surface area contributed by atoms with Gasteiger partial charge in [0.2, 0.25) is 0 Å². The van der Waals surface area contributed by atoms with Gasteiger partial charge in [0.25, 0.3) is 0 Å². The van der Waals surface area contributed by atoms with Crippen molar-refractivity contribution in [1.29, 1.82) is 0 Å². The molecule has 0 bridgehead atoms. The minimum Gasteiger partial charge on any atom is -0.481 e. The van der Waals surface area contributed by atoms with E-state index >= 15 is 0 Å². The van der Waals surface area contributed by atoms with E-state index in [-0.39, 0.29) is 6.61 Å². The largest absolute Gasteiger partial charge is 0.481 e. The van der Waals surface area contributed by atoms with Gasteiger partial charge in [-0.2, -0.15) is 0 Å². The van der Waals surface area contributed by atoms with Crippen molar-refractivity contribution in [2.24, 2.45) is 5.73 Å². The van der Waals surface area contributed by atoms with Crippen LogP contribution in [-0.2, 0) is 16.0 Å². The minimum absolute atomic E-state index is 0.215. The number of esters is 1. The number of nitrogens with one attached hydrogen (secondary N) is 1. The third-order valence-electron chi connectivity index (χ3n) is 3.00. The Hall–Kier alpha value is -2.45. The van der Waals surface area contributed by atoms with Crippen LogP contribution in [-0.4, -0.2) is 30.7 Å². The van der Waals surface area contributed by atoms with E-state index in [4.69, 9.17) is 16.9 Å². The van der Waals surface area contributed by atoms with Gasteiger partial charge in [0.15, 0.2) is 0 Å². The van der Waals surface area contributed by atoms with Crippen LogP contribution in [0, 0.1) is 12.3 Å². The SMILES string of the molecule is C#CCOc1ccc2[nH]cc(C[C@H](N)C(=O)OC)c2c1. The number of hydrogen-bond acceptors (Lipinski definition) is 4. The predicted octanol–water partition coefficient (Wildman–Crippen LogP) is 1.22. The molecule has 0 aliphatic heterocycles. The van der Waals surface area contributed by atoms with E-state index in [1.165, 1.54) is 7.11 Å². The fourth-order valence-corrected chi connectivity index (χ4v) is 2.01. The van der Waals surface area contributed by atoms with Crippen molar-refractivity contribution < 1.29 is 14.3 Å². The highest BCUT2D eigenvalue weighted by Gasteiger charge is 2.16. The number of benzene rings is 1. The second-order valence-corrected chi connectivity index (χ2v) is 4.35. The molecule has 1 aromatic heterocycles. The maximum atomic E-state index is 11.4. The van der Waals surface area contributed by atoms with E-state index in [9.17, 15) is 4.79 Å². The number of nitrogens with two attached hydrogens (primary N) is 1. The van der Waals surface area contributed by atoms with Crippen LogP contribution in [0.1, 0.15) is 5.56 Å². The highest BCUT2D eigenvalue weighted by Crippen LogP contribution is 2.24. The highest BCUT2D eigenvalue weighted by atomic mass is 16.5. The third-order valence-corrected chi connectivity index (χ3v) is 3.00. The van der Waals surface area contributed by atoms with Gasteiger partial charge in [0, 0.05) is 23.5 Å². The zero-order valence-electron chi connectivity index (χ0n) is 11.2. The van der Waals surface area contributed by atoms with Gasteiger partial charge in [-0.05, 0) is 23.8 Å². The van der Waals surface area contributed by atoms with E-state index in [0.29, 0.717) is 12.2 Å². The van der Waals surface area contributed by atoms with Crippen molar-refractivity contribution in [3.05, 3.63) is 30.0 Å². The maximum Gasteiger partial charge on any atom is 0.322 e. The minimum atomic E-state index is -0.686. The molecule has 0 spiro atoms. The molecule has 0 saturated heterocycles. The lowest BCUT2D eigenvalue weighted by Crippen LogP contribution is -2.33. The normalized spacial score (nSPS) is 11.8. The molecule has 5 heteroatoms. The summed E-state index contributed by atoms with van der Waals surface area (Å²) in [6.07, 6.45) is 7.39. The summed E-state index contributed by atoms with van der Waals surface area (Å²) in [5.41, 5.74) is 7.67.